The summed E-state index contributed by atoms with van der Waals surface area (Å²) in [6, 6.07) is 0.185. The van der Waals surface area contributed by atoms with E-state index >= 15 is 0 Å². The van der Waals surface area contributed by atoms with E-state index < -0.39 is 0 Å². The van der Waals surface area contributed by atoms with Gasteiger partial charge in [0.05, 0.1) is 6.04 Å². The Labute approximate surface area is 73.3 Å². The molecule has 2 rings (SSSR count). The highest BCUT2D eigenvalue weighted by molar-refractivity contribution is 5.82. The first-order valence-corrected chi connectivity index (χ1v) is 4.52. The van der Waals surface area contributed by atoms with Gasteiger partial charge in [0, 0.05) is 20.6 Å². The van der Waals surface area contributed by atoms with E-state index in [4.69, 9.17) is 0 Å². The van der Waals surface area contributed by atoms with Crippen LogP contribution in [0.2, 0.25) is 0 Å². The van der Waals surface area contributed by atoms with Crippen molar-refractivity contribution in [1.29, 1.82) is 0 Å². The third kappa shape index (κ3) is 1.04. The lowest BCUT2D eigenvalue weighted by Crippen LogP contribution is -2.43. The molecule has 3 unspecified atom stereocenters. The van der Waals surface area contributed by atoms with Crippen molar-refractivity contribution >= 4 is 5.91 Å². The maximum atomic E-state index is 11.7. The normalized spacial score (nSPS) is 39.4. The molecule has 3 heteroatoms. The summed E-state index contributed by atoms with van der Waals surface area (Å²) < 4.78 is 0. The maximum absolute atomic E-state index is 11.7. The van der Waals surface area contributed by atoms with Gasteiger partial charge in [0.2, 0.25) is 5.91 Å². The Balaban J connectivity index is 2.07. The van der Waals surface area contributed by atoms with Crippen LogP contribution >= 0.6 is 0 Å². The predicted octanol–water partition coefficient (Wildman–Crippen LogP) is 0.0247. The van der Waals surface area contributed by atoms with Gasteiger partial charge in [-0.1, -0.05) is 0 Å². The monoisotopic (exact) mass is 168 g/mol. The lowest BCUT2D eigenvalue weighted by molar-refractivity contribution is -0.133. The van der Waals surface area contributed by atoms with Crippen molar-refractivity contribution in [3.63, 3.8) is 0 Å². The van der Waals surface area contributed by atoms with E-state index in [1.165, 1.54) is 6.42 Å². The molecule has 0 aromatic heterocycles. The Morgan fingerprint density at radius 1 is 1.50 bits per heavy atom. The van der Waals surface area contributed by atoms with Gasteiger partial charge in [-0.15, -0.1) is 0 Å². The molecule has 1 heterocycles. The molecule has 2 fully saturated rings. The highest BCUT2D eigenvalue weighted by Gasteiger charge is 2.54. The van der Waals surface area contributed by atoms with Gasteiger partial charge >= 0.3 is 0 Å². The van der Waals surface area contributed by atoms with Gasteiger partial charge in [-0.25, -0.2) is 0 Å². The fraction of sp³-hybridized carbons (Fsp3) is 0.889. The molecule has 12 heavy (non-hydrogen) atoms. The van der Waals surface area contributed by atoms with E-state index in [2.05, 4.69) is 11.9 Å². The van der Waals surface area contributed by atoms with Gasteiger partial charge in [0.1, 0.15) is 0 Å². The largest absolute Gasteiger partial charge is 0.347 e. The molecule has 68 valence electrons. The average Bonchev–Trinajstić information content (AvgIpc) is 2.62. The van der Waals surface area contributed by atoms with Crippen molar-refractivity contribution in [1.82, 2.24) is 9.80 Å². The lowest BCUT2D eigenvalue weighted by Gasteiger charge is -2.24. The number of amides is 1. The second-order valence-electron chi connectivity index (χ2n) is 4.28. The summed E-state index contributed by atoms with van der Waals surface area (Å²) in [6.07, 6.45) is 1.27. The van der Waals surface area contributed by atoms with Gasteiger partial charge in [0.25, 0.3) is 0 Å². The molecular formula is C9H16N2O. The number of piperidine rings is 1. The van der Waals surface area contributed by atoms with E-state index in [-0.39, 0.29) is 11.9 Å². The van der Waals surface area contributed by atoms with Crippen LogP contribution in [0.4, 0.5) is 0 Å². The molecule has 1 saturated heterocycles. The third-order valence-electron chi connectivity index (χ3n) is 3.07. The smallest absolute Gasteiger partial charge is 0.239 e. The Morgan fingerprint density at radius 2 is 2.17 bits per heavy atom. The summed E-state index contributed by atoms with van der Waals surface area (Å²) in [5.74, 6) is 1.77. The molecule has 0 aromatic carbocycles. The zero-order valence-corrected chi connectivity index (χ0v) is 7.95. The van der Waals surface area contributed by atoms with Crippen molar-refractivity contribution in [3.05, 3.63) is 0 Å². The van der Waals surface area contributed by atoms with Crippen molar-refractivity contribution in [2.45, 2.75) is 12.5 Å². The number of likely N-dealkylation sites (tertiary alicyclic amines) is 1. The van der Waals surface area contributed by atoms with E-state index in [1.807, 2.05) is 14.1 Å². The molecule has 2 aliphatic rings. The van der Waals surface area contributed by atoms with Crippen LogP contribution in [-0.2, 0) is 4.79 Å². The number of rotatable bonds is 1. The summed E-state index contributed by atoms with van der Waals surface area (Å²) >= 11 is 0. The minimum Gasteiger partial charge on any atom is -0.347 e. The van der Waals surface area contributed by atoms with E-state index in [0.717, 1.165) is 12.5 Å². The van der Waals surface area contributed by atoms with Gasteiger partial charge < -0.3 is 4.90 Å². The molecule has 0 spiro atoms. The second kappa shape index (κ2) is 2.46. The topological polar surface area (TPSA) is 23.6 Å². The SMILES string of the molecule is CN(C)C(=O)C1C2CC2CN1C. The van der Waals surface area contributed by atoms with E-state index in [1.54, 1.807) is 4.90 Å². The Bertz CT molecular complexity index is 213. The quantitative estimate of drug-likeness (QED) is 0.551. The first-order valence-electron chi connectivity index (χ1n) is 4.52. The molecule has 0 bridgehead atoms. The Morgan fingerprint density at radius 3 is 2.58 bits per heavy atom. The number of nitrogens with zero attached hydrogens (tertiary/aromatic N) is 2. The van der Waals surface area contributed by atoms with Gasteiger partial charge in [-0.3, -0.25) is 9.69 Å². The van der Waals surface area contributed by atoms with Crippen molar-refractivity contribution in [2.75, 3.05) is 27.7 Å². The molecule has 3 atom stereocenters. The first-order chi connectivity index (χ1) is 5.61. The number of likely N-dealkylation sites (N-methyl/N-ethyl adjacent to an activating group) is 2. The number of carbonyl (C=O) groups excluding carboxylic acids is 1. The zero-order chi connectivity index (χ0) is 8.88. The minimum absolute atomic E-state index is 0.185. The number of hydrogen-bond donors (Lipinski definition) is 0. The molecule has 1 amide bonds. The summed E-state index contributed by atoms with van der Waals surface area (Å²) in [5, 5.41) is 0. The molecule has 0 N–H and O–H groups in total. The number of fused-ring (bicyclic) bond motifs is 1. The van der Waals surface area contributed by atoms with Crippen LogP contribution < -0.4 is 0 Å². The van der Waals surface area contributed by atoms with E-state index in [9.17, 15) is 4.79 Å². The number of carbonyl (C=O) groups is 1. The highest BCUT2D eigenvalue weighted by atomic mass is 16.2. The summed E-state index contributed by atoms with van der Waals surface area (Å²) in [6.45, 7) is 1.12. The minimum atomic E-state index is 0.185. The average molecular weight is 168 g/mol. The Kier molecular flexibility index (Phi) is 1.65. The van der Waals surface area contributed by atoms with Crippen LogP contribution in [0.5, 0.6) is 0 Å². The first kappa shape index (κ1) is 8.05. The van der Waals surface area contributed by atoms with Crippen molar-refractivity contribution < 1.29 is 4.79 Å². The highest BCUT2D eigenvalue weighted by Crippen LogP contribution is 2.49. The molecule has 0 aromatic rings. The van der Waals surface area contributed by atoms with Crippen LogP contribution in [0, 0.1) is 11.8 Å². The Hall–Kier alpha value is -0.570. The van der Waals surface area contributed by atoms with Crippen LogP contribution in [-0.4, -0.2) is 49.4 Å². The molecule has 3 nitrogen and oxygen atoms in total. The molecule has 1 aliphatic carbocycles. The summed E-state index contributed by atoms with van der Waals surface area (Å²) in [4.78, 5) is 15.6. The fourth-order valence-corrected chi connectivity index (χ4v) is 2.31. The lowest BCUT2D eigenvalue weighted by atomic mass is 10.1. The van der Waals surface area contributed by atoms with E-state index in [0.29, 0.717) is 5.92 Å². The number of hydrogen-bond acceptors (Lipinski definition) is 2. The van der Waals surface area contributed by atoms with Crippen molar-refractivity contribution in [2.24, 2.45) is 11.8 Å². The maximum Gasteiger partial charge on any atom is 0.239 e. The molecule has 1 saturated carbocycles. The van der Waals surface area contributed by atoms with Crippen LogP contribution in [0.3, 0.4) is 0 Å². The predicted molar refractivity (Wildman–Crippen MR) is 46.7 cm³/mol. The second-order valence-corrected chi connectivity index (χ2v) is 4.28. The summed E-state index contributed by atoms with van der Waals surface area (Å²) in [5.41, 5.74) is 0. The molecule has 1 aliphatic heterocycles. The third-order valence-corrected chi connectivity index (χ3v) is 3.07. The van der Waals surface area contributed by atoms with Gasteiger partial charge in [0.15, 0.2) is 0 Å². The zero-order valence-electron chi connectivity index (χ0n) is 7.95. The van der Waals surface area contributed by atoms with Crippen molar-refractivity contribution in [3.8, 4) is 0 Å². The van der Waals surface area contributed by atoms with Crippen LogP contribution in [0.25, 0.3) is 0 Å². The fourth-order valence-electron chi connectivity index (χ4n) is 2.31. The standard InChI is InChI=1S/C9H16N2O/c1-10(2)9(12)8-7-4-6(7)5-11(8)3/h6-8H,4-5H2,1-3H3. The van der Waals surface area contributed by atoms with Crippen LogP contribution in [0.1, 0.15) is 6.42 Å². The van der Waals surface area contributed by atoms with Gasteiger partial charge in [-0.05, 0) is 25.3 Å². The van der Waals surface area contributed by atoms with Crippen LogP contribution in [0.15, 0.2) is 0 Å². The summed E-state index contributed by atoms with van der Waals surface area (Å²) in [7, 11) is 5.73. The molecule has 0 radical (unpaired) electrons. The van der Waals surface area contributed by atoms with Gasteiger partial charge in [-0.2, -0.15) is 0 Å². The molecular weight excluding hydrogens is 152 g/mol.